The van der Waals surface area contributed by atoms with E-state index >= 15 is 0 Å². The van der Waals surface area contributed by atoms with Gasteiger partial charge < -0.3 is 5.73 Å². The minimum absolute atomic E-state index is 0.599. The minimum Gasteiger partial charge on any atom is -0.396 e. The first-order valence-electron chi connectivity index (χ1n) is 4.78. The maximum Gasteiger partial charge on any atom is 0.110 e. The van der Waals surface area contributed by atoms with Crippen molar-refractivity contribution in [2.75, 3.05) is 5.73 Å². The average Bonchev–Trinajstić information content (AvgIpc) is 2.32. The van der Waals surface area contributed by atoms with Gasteiger partial charge in [-0.25, -0.2) is 0 Å². The van der Waals surface area contributed by atoms with Crippen LogP contribution in [0, 0.1) is 0 Å². The lowest BCUT2D eigenvalue weighted by Gasteiger charge is -2.00. The van der Waals surface area contributed by atoms with Gasteiger partial charge in [0.05, 0.1) is 11.4 Å². The first kappa shape index (κ1) is 10.8. The summed E-state index contributed by atoms with van der Waals surface area (Å²) in [5.74, 6) is 0. The maximum atomic E-state index is 5.85. The molecule has 0 saturated carbocycles. The Hall–Kier alpha value is -1.68. The van der Waals surface area contributed by atoms with Crippen molar-refractivity contribution in [1.29, 1.82) is 0 Å². The number of nitrogens with zero attached hydrogens (tertiary/aromatic N) is 2. The van der Waals surface area contributed by atoms with Gasteiger partial charge in [-0.15, -0.1) is 5.11 Å². The monoisotopic (exact) mass is 275 g/mol. The molecule has 0 bridgehead atoms. The number of azo groups is 1. The van der Waals surface area contributed by atoms with Crippen molar-refractivity contribution in [2.45, 2.75) is 0 Å². The van der Waals surface area contributed by atoms with Crippen LogP contribution in [0.2, 0.25) is 0 Å². The van der Waals surface area contributed by atoms with E-state index in [1.165, 1.54) is 0 Å². The molecule has 3 nitrogen and oxygen atoms in total. The van der Waals surface area contributed by atoms with Crippen LogP contribution in [0.25, 0.3) is 0 Å². The normalized spacial score (nSPS) is 10.8. The molecule has 0 aliphatic rings. The summed E-state index contributed by atoms with van der Waals surface area (Å²) in [6.45, 7) is 0. The molecule has 0 aliphatic heterocycles. The number of hydrogen-bond acceptors (Lipinski definition) is 3. The standard InChI is InChI=1S/C12H10BrN3/c13-10-7-4-8-11(12(10)14)16-15-9-5-2-1-3-6-9/h1-8H,14H2. The number of halogens is 1. The Kier molecular flexibility index (Phi) is 3.31. The van der Waals surface area contributed by atoms with Crippen LogP contribution < -0.4 is 5.73 Å². The summed E-state index contributed by atoms with van der Waals surface area (Å²) in [7, 11) is 0. The summed E-state index contributed by atoms with van der Waals surface area (Å²) in [6, 6.07) is 15.1. The second-order valence-electron chi connectivity index (χ2n) is 3.21. The SMILES string of the molecule is Nc1c(Br)cccc1N=Nc1ccccc1. The van der Waals surface area contributed by atoms with Crippen molar-refractivity contribution in [3.8, 4) is 0 Å². The van der Waals surface area contributed by atoms with Gasteiger partial charge in [0.2, 0.25) is 0 Å². The summed E-state index contributed by atoms with van der Waals surface area (Å²) in [4.78, 5) is 0. The lowest BCUT2D eigenvalue weighted by atomic mass is 10.3. The van der Waals surface area contributed by atoms with Crippen molar-refractivity contribution in [1.82, 2.24) is 0 Å². The highest BCUT2D eigenvalue weighted by atomic mass is 79.9. The Balaban J connectivity index is 2.28. The van der Waals surface area contributed by atoms with Crippen LogP contribution in [-0.2, 0) is 0 Å². The van der Waals surface area contributed by atoms with Crippen LogP contribution in [0.1, 0.15) is 0 Å². The van der Waals surface area contributed by atoms with E-state index in [-0.39, 0.29) is 0 Å². The van der Waals surface area contributed by atoms with Crippen molar-refractivity contribution < 1.29 is 0 Å². The number of nitrogen functional groups attached to an aromatic ring is 1. The largest absolute Gasteiger partial charge is 0.396 e. The van der Waals surface area contributed by atoms with Gasteiger partial charge in [0, 0.05) is 4.47 Å². The molecule has 80 valence electrons. The van der Waals surface area contributed by atoms with Gasteiger partial charge in [0.1, 0.15) is 5.69 Å². The molecule has 2 rings (SSSR count). The third-order valence-electron chi connectivity index (χ3n) is 2.06. The maximum absolute atomic E-state index is 5.85. The van der Waals surface area contributed by atoms with Gasteiger partial charge in [-0.05, 0) is 40.2 Å². The lowest BCUT2D eigenvalue weighted by Crippen LogP contribution is -1.85. The topological polar surface area (TPSA) is 50.7 Å². The average molecular weight is 276 g/mol. The number of benzene rings is 2. The van der Waals surface area contributed by atoms with E-state index in [1.807, 2.05) is 48.5 Å². The number of hydrogen-bond donors (Lipinski definition) is 1. The molecular weight excluding hydrogens is 266 g/mol. The van der Waals surface area contributed by atoms with E-state index in [9.17, 15) is 0 Å². The van der Waals surface area contributed by atoms with Gasteiger partial charge in [-0.2, -0.15) is 5.11 Å². The van der Waals surface area contributed by atoms with Gasteiger partial charge >= 0.3 is 0 Å². The fraction of sp³-hybridized carbons (Fsp3) is 0. The zero-order chi connectivity index (χ0) is 11.4. The van der Waals surface area contributed by atoms with Crippen LogP contribution in [-0.4, -0.2) is 0 Å². The molecule has 0 amide bonds. The number of nitrogens with two attached hydrogens (primary N) is 1. The minimum atomic E-state index is 0.599. The molecule has 2 aromatic carbocycles. The molecular formula is C12H10BrN3. The zero-order valence-corrected chi connectivity index (χ0v) is 10.1. The zero-order valence-electron chi connectivity index (χ0n) is 8.47. The number of rotatable bonds is 2. The van der Waals surface area contributed by atoms with E-state index in [4.69, 9.17) is 5.73 Å². The molecule has 2 N–H and O–H groups in total. The first-order valence-corrected chi connectivity index (χ1v) is 5.57. The van der Waals surface area contributed by atoms with Gasteiger partial charge in [-0.1, -0.05) is 24.3 Å². The lowest BCUT2D eigenvalue weighted by molar-refractivity contribution is 1.23. The number of para-hydroxylation sites is 1. The predicted molar refractivity (Wildman–Crippen MR) is 69.2 cm³/mol. The van der Waals surface area contributed by atoms with E-state index in [0.717, 1.165) is 10.2 Å². The molecule has 0 saturated heterocycles. The fourth-order valence-corrected chi connectivity index (χ4v) is 1.57. The molecule has 0 heterocycles. The Morgan fingerprint density at radius 2 is 1.62 bits per heavy atom. The van der Waals surface area contributed by atoms with E-state index < -0.39 is 0 Å². The van der Waals surface area contributed by atoms with Crippen LogP contribution in [0.4, 0.5) is 17.1 Å². The molecule has 0 aliphatic carbocycles. The molecule has 16 heavy (non-hydrogen) atoms. The van der Waals surface area contributed by atoms with Gasteiger partial charge in [0.15, 0.2) is 0 Å². The smallest absolute Gasteiger partial charge is 0.110 e. The van der Waals surface area contributed by atoms with E-state index in [1.54, 1.807) is 0 Å². The summed E-state index contributed by atoms with van der Waals surface area (Å²) in [5, 5.41) is 8.21. The molecule has 0 fully saturated rings. The molecule has 0 spiro atoms. The quantitative estimate of drug-likeness (QED) is 0.639. The molecule has 0 atom stereocenters. The Labute approximate surface area is 102 Å². The van der Waals surface area contributed by atoms with Crippen molar-refractivity contribution in [3.63, 3.8) is 0 Å². The molecule has 0 radical (unpaired) electrons. The first-order chi connectivity index (χ1) is 7.77. The third-order valence-corrected chi connectivity index (χ3v) is 2.75. The van der Waals surface area contributed by atoms with E-state index in [2.05, 4.69) is 26.2 Å². The van der Waals surface area contributed by atoms with Crippen molar-refractivity contribution in [3.05, 3.63) is 53.0 Å². The van der Waals surface area contributed by atoms with Crippen LogP contribution in [0.3, 0.4) is 0 Å². The Bertz CT molecular complexity index is 509. The summed E-state index contributed by atoms with van der Waals surface area (Å²) in [5.41, 5.74) is 7.92. The Morgan fingerprint density at radius 3 is 2.38 bits per heavy atom. The highest BCUT2D eigenvalue weighted by Gasteiger charge is 2.00. The van der Waals surface area contributed by atoms with Gasteiger partial charge in [-0.3, -0.25) is 0 Å². The van der Waals surface area contributed by atoms with Crippen LogP contribution >= 0.6 is 15.9 Å². The molecule has 4 heteroatoms. The van der Waals surface area contributed by atoms with Gasteiger partial charge in [0.25, 0.3) is 0 Å². The summed E-state index contributed by atoms with van der Waals surface area (Å²) < 4.78 is 0.831. The van der Waals surface area contributed by atoms with Crippen LogP contribution in [0.5, 0.6) is 0 Å². The molecule has 2 aromatic rings. The third kappa shape index (κ3) is 2.46. The highest BCUT2D eigenvalue weighted by molar-refractivity contribution is 9.10. The van der Waals surface area contributed by atoms with Crippen molar-refractivity contribution >= 4 is 33.0 Å². The highest BCUT2D eigenvalue weighted by Crippen LogP contribution is 2.30. The van der Waals surface area contributed by atoms with Crippen molar-refractivity contribution in [2.24, 2.45) is 10.2 Å². The second kappa shape index (κ2) is 4.90. The second-order valence-corrected chi connectivity index (χ2v) is 4.06. The van der Waals surface area contributed by atoms with Crippen LogP contribution in [0.15, 0.2) is 63.2 Å². The molecule has 0 aromatic heterocycles. The number of anilines is 1. The summed E-state index contributed by atoms with van der Waals surface area (Å²) >= 11 is 3.35. The Morgan fingerprint density at radius 1 is 0.875 bits per heavy atom. The van der Waals surface area contributed by atoms with E-state index in [0.29, 0.717) is 11.4 Å². The molecule has 0 unspecified atom stereocenters. The summed E-state index contributed by atoms with van der Waals surface area (Å²) in [6.07, 6.45) is 0. The predicted octanol–water partition coefficient (Wildman–Crippen LogP) is 4.45. The fourth-order valence-electron chi connectivity index (χ4n) is 1.22.